The zero-order chi connectivity index (χ0) is 14.9. The number of carbonyl (C=O) groups is 1. The van der Waals surface area contributed by atoms with Crippen molar-refractivity contribution in [3.8, 4) is 0 Å². The highest BCUT2D eigenvalue weighted by atomic mass is 19.1. The molecule has 110 valence electrons. The molecular formula is C15H22FN3O. The van der Waals surface area contributed by atoms with E-state index < -0.39 is 5.54 Å². The normalized spacial score (nSPS) is 19.6. The molecule has 2 rings (SSSR count). The Morgan fingerprint density at radius 1 is 1.45 bits per heavy atom. The zero-order valence-corrected chi connectivity index (χ0v) is 12.5. The summed E-state index contributed by atoms with van der Waals surface area (Å²) in [6.45, 7) is 6.75. The lowest BCUT2D eigenvalue weighted by Crippen LogP contribution is -2.62. The number of anilines is 1. The van der Waals surface area contributed by atoms with Gasteiger partial charge in [-0.2, -0.15) is 0 Å². The van der Waals surface area contributed by atoms with Crippen LogP contribution in [0.25, 0.3) is 0 Å². The lowest BCUT2D eigenvalue weighted by Gasteiger charge is -2.43. The van der Waals surface area contributed by atoms with Crippen LogP contribution in [0.15, 0.2) is 18.2 Å². The predicted octanol–water partition coefficient (Wildman–Crippen LogP) is 1.82. The van der Waals surface area contributed by atoms with Crippen molar-refractivity contribution in [2.24, 2.45) is 0 Å². The number of carbonyl (C=O) groups excluding carboxylic acids is 1. The van der Waals surface area contributed by atoms with Crippen molar-refractivity contribution in [3.63, 3.8) is 0 Å². The number of halogens is 1. The van der Waals surface area contributed by atoms with Crippen LogP contribution in [0.2, 0.25) is 0 Å². The van der Waals surface area contributed by atoms with Gasteiger partial charge in [0.15, 0.2) is 0 Å². The van der Waals surface area contributed by atoms with E-state index in [0.717, 1.165) is 5.56 Å². The highest BCUT2D eigenvalue weighted by Crippen LogP contribution is 2.30. The predicted molar refractivity (Wildman–Crippen MR) is 78.3 cm³/mol. The van der Waals surface area contributed by atoms with E-state index in [9.17, 15) is 9.18 Å². The fraction of sp³-hybridized carbons (Fsp3) is 0.533. The van der Waals surface area contributed by atoms with Crippen LogP contribution in [0.4, 0.5) is 10.1 Å². The van der Waals surface area contributed by atoms with Crippen molar-refractivity contribution in [3.05, 3.63) is 29.6 Å². The van der Waals surface area contributed by atoms with Gasteiger partial charge in [0.1, 0.15) is 11.4 Å². The molecule has 0 aromatic heterocycles. The van der Waals surface area contributed by atoms with Gasteiger partial charge in [0.2, 0.25) is 5.91 Å². The third-order valence-electron chi connectivity index (χ3n) is 4.05. The molecule has 0 radical (unpaired) electrons. The van der Waals surface area contributed by atoms with Crippen molar-refractivity contribution in [1.29, 1.82) is 0 Å². The van der Waals surface area contributed by atoms with Crippen molar-refractivity contribution >= 4 is 11.6 Å². The van der Waals surface area contributed by atoms with Crippen LogP contribution in [-0.4, -0.2) is 31.6 Å². The number of nitrogens with one attached hydrogen (secondary N) is 2. The number of hydrogen-bond acceptors (Lipinski definition) is 3. The molecule has 1 aromatic carbocycles. The smallest absolute Gasteiger partial charge is 0.245 e. The fourth-order valence-electron chi connectivity index (χ4n) is 2.50. The Labute approximate surface area is 119 Å². The van der Waals surface area contributed by atoms with Crippen LogP contribution in [0.5, 0.6) is 0 Å². The van der Waals surface area contributed by atoms with E-state index in [1.807, 2.05) is 38.8 Å². The van der Waals surface area contributed by atoms with Crippen molar-refractivity contribution in [2.45, 2.75) is 32.4 Å². The largest absolute Gasteiger partial charge is 0.353 e. The molecule has 1 aromatic rings. The minimum Gasteiger partial charge on any atom is -0.353 e. The van der Waals surface area contributed by atoms with Gasteiger partial charge in [-0.15, -0.1) is 0 Å². The Bertz CT molecular complexity index is 516. The van der Waals surface area contributed by atoms with E-state index in [-0.39, 0.29) is 17.8 Å². The number of amides is 1. The van der Waals surface area contributed by atoms with Crippen molar-refractivity contribution < 1.29 is 9.18 Å². The summed E-state index contributed by atoms with van der Waals surface area (Å²) in [5, 5.41) is 5.90. The SMILES string of the molecule is CNC(C)c1ccc(N2CCNC(=O)C2(C)C)c(F)c1. The Morgan fingerprint density at radius 2 is 2.15 bits per heavy atom. The number of benzene rings is 1. The maximum atomic E-state index is 14.4. The molecule has 0 aliphatic carbocycles. The molecule has 1 aliphatic rings. The molecule has 0 saturated carbocycles. The van der Waals surface area contributed by atoms with Gasteiger partial charge in [0, 0.05) is 19.1 Å². The third kappa shape index (κ3) is 2.50. The van der Waals surface area contributed by atoms with E-state index in [1.54, 1.807) is 12.1 Å². The molecule has 20 heavy (non-hydrogen) atoms. The highest BCUT2D eigenvalue weighted by molar-refractivity contribution is 5.90. The Balaban J connectivity index is 2.35. The fourth-order valence-corrected chi connectivity index (χ4v) is 2.50. The molecule has 5 heteroatoms. The number of hydrogen-bond donors (Lipinski definition) is 2. The van der Waals surface area contributed by atoms with Crippen LogP contribution in [-0.2, 0) is 4.79 Å². The van der Waals surface area contributed by atoms with Gasteiger partial charge in [-0.1, -0.05) is 6.07 Å². The summed E-state index contributed by atoms with van der Waals surface area (Å²) in [5.41, 5.74) is 0.639. The summed E-state index contributed by atoms with van der Waals surface area (Å²) in [6, 6.07) is 5.30. The minimum atomic E-state index is -0.741. The number of rotatable bonds is 3. The first kappa shape index (κ1) is 14.8. The average molecular weight is 279 g/mol. The van der Waals surface area contributed by atoms with Gasteiger partial charge >= 0.3 is 0 Å². The van der Waals surface area contributed by atoms with E-state index in [4.69, 9.17) is 0 Å². The Morgan fingerprint density at radius 3 is 2.75 bits per heavy atom. The monoisotopic (exact) mass is 279 g/mol. The van der Waals surface area contributed by atoms with Crippen molar-refractivity contribution in [2.75, 3.05) is 25.0 Å². The number of piperazine rings is 1. The first-order chi connectivity index (χ1) is 9.37. The molecule has 1 fully saturated rings. The van der Waals surface area contributed by atoms with Gasteiger partial charge in [0.25, 0.3) is 0 Å². The molecule has 2 N–H and O–H groups in total. The lowest BCUT2D eigenvalue weighted by atomic mass is 9.97. The van der Waals surface area contributed by atoms with Gasteiger partial charge in [-0.3, -0.25) is 4.79 Å². The Hall–Kier alpha value is -1.62. The van der Waals surface area contributed by atoms with Gasteiger partial charge in [0.05, 0.1) is 5.69 Å². The summed E-state index contributed by atoms with van der Waals surface area (Å²) < 4.78 is 14.4. The second-order valence-corrected chi connectivity index (χ2v) is 5.69. The summed E-state index contributed by atoms with van der Waals surface area (Å²) in [7, 11) is 1.84. The molecule has 0 bridgehead atoms. The van der Waals surface area contributed by atoms with Crippen LogP contribution in [0, 0.1) is 5.82 Å². The molecule has 1 saturated heterocycles. The van der Waals surface area contributed by atoms with Gasteiger partial charge in [-0.25, -0.2) is 4.39 Å². The van der Waals surface area contributed by atoms with Gasteiger partial charge < -0.3 is 15.5 Å². The summed E-state index contributed by atoms with van der Waals surface area (Å²) >= 11 is 0. The topological polar surface area (TPSA) is 44.4 Å². The quantitative estimate of drug-likeness (QED) is 0.887. The lowest BCUT2D eigenvalue weighted by molar-refractivity contribution is -0.126. The maximum absolute atomic E-state index is 14.4. The van der Waals surface area contributed by atoms with E-state index >= 15 is 0 Å². The first-order valence-electron chi connectivity index (χ1n) is 6.90. The average Bonchev–Trinajstić information content (AvgIpc) is 2.41. The van der Waals surface area contributed by atoms with E-state index in [1.165, 1.54) is 0 Å². The zero-order valence-electron chi connectivity index (χ0n) is 12.5. The van der Waals surface area contributed by atoms with E-state index in [0.29, 0.717) is 18.8 Å². The van der Waals surface area contributed by atoms with Crippen LogP contribution >= 0.6 is 0 Å². The summed E-state index contributed by atoms with van der Waals surface area (Å²) in [6.07, 6.45) is 0. The molecule has 1 atom stereocenters. The molecule has 0 spiro atoms. The van der Waals surface area contributed by atoms with Crippen LogP contribution in [0.1, 0.15) is 32.4 Å². The molecule has 1 aliphatic heterocycles. The summed E-state index contributed by atoms with van der Waals surface area (Å²) in [5.74, 6) is -0.358. The summed E-state index contributed by atoms with van der Waals surface area (Å²) in [4.78, 5) is 13.8. The second-order valence-electron chi connectivity index (χ2n) is 5.69. The van der Waals surface area contributed by atoms with Gasteiger partial charge in [-0.05, 0) is 45.5 Å². The minimum absolute atomic E-state index is 0.0733. The maximum Gasteiger partial charge on any atom is 0.245 e. The molecule has 1 unspecified atom stereocenters. The number of nitrogens with zero attached hydrogens (tertiary/aromatic N) is 1. The van der Waals surface area contributed by atoms with Crippen molar-refractivity contribution in [1.82, 2.24) is 10.6 Å². The van der Waals surface area contributed by atoms with Crippen LogP contribution < -0.4 is 15.5 Å². The van der Waals surface area contributed by atoms with Crippen LogP contribution in [0.3, 0.4) is 0 Å². The molecule has 1 amide bonds. The Kier molecular flexibility index (Phi) is 3.99. The first-order valence-corrected chi connectivity index (χ1v) is 6.90. The highest BCUT2D eigenvalue weighted by Gasteiger charge is 2.38. The van der Waals surface area contributed by atoms with E-state index in [2.05, 4.69) is 10.6 Å². The molecule has 1 heterocycles. The molecular weight excluding hydrogens is 257 g/mol. The second kappa shape index (κ2) is 5.40. The standard InChI is InChI=1S/C15H22FN3O/c1-10(17-4)11-5-6-13(12(16)9-11)19-8-7-18-14(20)15(19,2)3/h5-6,9-10,17H,7-8H2,1-4H3,(H,18,20). The molecule has 4 nitrogen and oxygen atoms in total. The third-order valence-corrected chi connectivity index (χ3v) is 4.05.